The van der Waals surface area contributed by atoms with Crippen LogP contribution in [0.1, 0.15) is 25.3 Å². The zero-order chi connectivity index (χ0) is 20.8. The lowest BCUT2D eigenvalue weighted by atomic mass is 10.1. The number of alkyl halides is 3. The van der Waals surface area contributed by atoms with Gasteiger partial charge >= 0.3 is 15.5 Å². The van der Waals surface area contributed by atoms with E-state index in [2.05, 4.69) is 15.6 Å². The number of benzene rings is 1. The second kappa shape index (κ2) is 11.6. The van der Waals surface area contributed by atoms with Crippen LogP contribution in [-0.2, 0) is 16.4 Å². The van der Waals surface area contributed by atoms with E-state index in [0.717, 1.165) is 5.56 Å². The molecule has 1 aromatic rings. The van der Waals surface area contributed by atoms with Crippen molar-refractivity contribution < 1.29 is 21.6 Å². The van der Waals surface area contributed by atoms with Crippen molar-refractivity contribution in [1.29, 1.82) is 0 Å². The predicted octanol–water partition coefficient (Wildman–Crippen LogP) is 3.37. The highest BCUT2D eigenvalue weighted by molar-refractivity contribution is 14.0. The Labute approximate surface area is 191 Å². The normalized spacial score (nSPS) is 16.9. The van der Waals surface area contributed by atoms with E-state index < -0.39 is 15.5 Å². The number of hydrogen-bond donors (Lipinski definition) is 2. The van der Waals surface area contributed by atoms with Crippen LogP contribution in [0.15, 0.2) is 29.3 Å². The largest absolute Gasteiger partial charge is 0.511 e. The molecule has 0 bridgehead atoms. The summed E-state index contributed by atoms with van der Waals surface area (Å²) in [5.74, 6) is 0.548. The molecule has 1 aromatic carbocycles. The summed E-state index contributed by atoms with van der Waals surface area (Å²) < 4.78 is 61.4. The second-order valence-electron chi connectivity index (χ2n) is 6.37. The van der Waals surface area contributed by atoms with Gasteiger partial charge in [-0.05, 0) is 37.8 Å². The summed E-state index contributed by atoms with van der Waals surface area (Å²) >= 11 is 6.13. The van der Waals surface area contributed by atoms with Gasteiger partial charge in [-0.1, -0.05) is 29.8 Å². The maximum Gasteiger partial charge on any atom is 0.511 e. The number of hydrogen-bond acceptors (Lipinski definition) is 3. The smallest absolute Gasteiger partial charge is 0.357 e. The zero-order valence-electron chi connectivity index (χ0n) is 15.9. The van der Waals surface area contributed by atoms with Crippen LogP contribution in [0.5, 0.6) is 0 Å². The molecule has 2 N–H and O–H groups in total. The Morgan fingerprint density at radius 1 is 1.28 bits per heavy atom. The highest BCUT2D eigenvalue weighted by Crippen LogP contribution is 2.28. The van der Waals surface area contributed by atoms with Gasteiger partial charge in [-0.15, -0.1) is 24.0 Å². The van der Waals surface area contributed by atoms with E-state index in [0.29, 0.717) is 34.8 Å². The van der Waals surface area contributed by atoms with Gasteiger partial charge in [0.2, 0.25) is 0 Å². The summed E-state index contributed by atoms with van der Waals surface area (Å²) in [6.07, 6.45) is 1.19. The van der Waals surface area contributed by atoms with E-state index in [4.69, 9.17) is 11.6 Å². The molecule has 0 saturated carbocycles. The first-order valence-corrected chi connectivity index (χ1v) is 10.8. The van der Waals surface area contributed by atoms with Gasteiger partial charge in [-0.3, -0.25) is 4.99 Å². The lowest BCUT2D eigenvalue weighted by Crippen LogP contribution is -2.51. The average molecular weight is 569 g/mol. The van der Waals surface area contributed by atoms with Crippen molar-refractivity contribution in [2.45, 2.75) is 37.7 Å². The van der Waals surface area contributed by atoms with Crippen LogP contribution in [0.2, 0.25) is 5.02 Å². The summed E-state index contributed by atoms with van der Waals surface area (Å²) in [7, 11) is -5.26. The highest BCUT2D eigenvalue weighted by Gasteiger charge is 2.50. The summed E-state index contributed by atoms with van der Waals surface area (Å²) in [5.41, 5.74) is -4.28. The minimum Gasteiger partial charge on any atom is -0.357 e. The topological polar surface area (TPSA) is 73.8 Å². The summed E-state index contributed by atoms with van der Waals surface area (Å²) in [6, 6.07) is 7.34. The molecule has 29 heavy (non-hydrogen) atoms. The van der Waals surface area contributed by atoms with Crippen molar-refractivity contribution in [2.24, 2.45) is 4.99 Å². The monoisotopic (exact) mass is 568 g/mol. The average Bonchev–Trinajstić information content (AvgIpc) is 2.63. The Hall–Kier alpha value is -0.790. The van der Waals surface area contributed by atoms with Crippen molar-refractivity contribution in [2.75, 3.05) is 26.2 Å². The first kappa shape index (κ1) is 26.2. The molecule has 166 valence electrons. The van der Waals surface area contributed by atoms with Gasteiger partial charge in [0, 0.05) is 37.2 Å². The molecule has 1 aliphatic rings. The van der Waals surface area contributed by atoms with Crippen LogP contribution in [0.3, 0.4) is 0 Å². The fraction of sp³-hybridized carbons (Fsp3) is 0.588. The standard InChI is InChI=1S/C17H24ClF3N4O2S.HI/c1-2-22-16(23-10-7-13-5-3-4-6-15(13)18)24-14-8-11-25(12-9-14)28(26,27)17(19,20)21;/h3-6,14H,2,7-12H2,1H3,(H2,22,23,24);1H. The van der Waals surface area contributed by atoms with E-state index in [1.807, 2.05) is 31.2 Å². The number of nitrogens with one attached hydrogen (secondary N) is 2. The zero-order valence-corrected chi connectivity index (χ0v) is 19.8. The molecule has 0 atom stereocenters. The molecule has 0 amide bonds. The van der Waals surface area contributed by atoms with Crippen LogP contribution in [0.25, 0.3) is 0 Å². The van der Waals surface area contributed by atoms with E-state index >= 15 is 0 Å². The van der Waals surface area contributed by atoms with Crippen molar-refractivity contribution >= 4 is 51.6 Å². The minimum atomic E-state index is -5.26. The number of sulfonamides is 1. The van der Waals surface area contributed by atoms with Gasteiger partial charge in [0.15, 0.2) is 5.96 Å². The highest BCUT2D eigenvalue weighted by atomic mass is 127. The van der Waals surface area contributed by atoms with Gasteiger partial charge in [0.05, 0.1) is 0 Å². The summed E-state index contributed by atoms with van der Waals surface area (Å²) in [4.78, 5) is 4.47. The molecule has 1 saturated heterocycles. The molecule has 1 heterocycles. The Bertz CT molecular complexity index is 785. The van der Waals surface area contributed by atoms with E-state index in [9.17, 15) is 21.6 Å². The molecule has 0 unspecified atom stereocenters. The molecule has 0 radical (unpaired) electrons. The first-order valence-electron chi connectivity index (χ1n) is 8.99. The molecule has 2 rings (SSSR count). The molecule has 0 spiro atoms. The van der Waals surface area contributed by atoms with Crippen molar-refractivity contribution in [3.63, 3.8) is 0 Å². The number of nitrogens with zero attached hydrogens (tertiary/aromatic N) is 2. The number of rotatable bonds is 6. The molecule has 6 nitrogen and oxygen atoms in total. The summed E-state index contributed by atoms with van der Waals surface area (Å²) in [6.45, 7) is 2.65. The lowest BCUT2D eigenvalue weighted by Gasteiger charge is -2.32. The lowest BCUT2D eigenvalue weighted by molar-refractivity contribution is -0.0494. The van der Waals surface area contributed by atoms with Crippen LogP contribution in [0, 0.1) is 0 Å². The van der Waals surface area contributed by atoms with Gasteiger partial charge in [-0.2, -0.15) is 17.5 Å². The number of aliphatic imine (C=N–C) groups is 1. The minimum absolute atomic E-state index is 0. The molecule has 1 fully saturated rings. The first-order chi connectivity index (χ1) is 13.1. The maximum atomic E-state index is 12.6. The number of guanidine groups is 1. The molecular formula is C17H25ClF3IN4O2S. The van der Waals surface area contributed by atoms with Crippen LogP contribution < -0.4 is 10.6 Å². The van der Waals surface area contributed by atoms with Gasteiger partial charge in [-0.25, -0.2) is 8.42 Å². The molecule has 0 aromatic heterocycles. The second-order valence-corrected chi connectivity index (χ2v) is 8.71. The predicted molar refractivity (Wildman–Crippen MR) is 119 cm³/mol. The molecule has 1 aliphatic heterocycles. The van der Waals surface area contributed by atoms with Crippen molar-refractivity contribution in [1.82, 2.24) is 14.9 Å². The van der Waals surface area contributed by atoms with Gasteiger partial charge in [0.1, 0.15) is 0 Å². The Balaban J connectivity index is 0.00000420. The van der Waals surface area contributed by atoms with E-state index in [1.54, 1.807) is 0 Å². The SMILES string of the molecule is CCNC(=NCCc1ccccc1Cl)NC1CCN(S(=O)(=O)C(F)(F)F)CC1.I. The van der Waals surface area contributed by atoms with Gasteiger partial charge < -0.3 is 10.6 Å². The van der Waals surface area contributed by atoms with Crippen molar-refractivity contribution in [3.8, 4) is 0 Å². The van der Waals surface area contributed by atoms with E-state index in [1.165, 1.54) is 0 Å². The van der Waals surface area contributed by atoms with Crippen LogP contribution >= 0.6 is 35.6 Å². The quantitative estimate of drug-likeness (QED) is 0.314. The van der Waals surface area contributed by atoms with E-state index in [-0.39, 0.29) is 55.9 Å². The molecular weight excluding hydrogens is 544 g/mol. The van der Waals surface area contributed by atoms with Gasteiger partial charge in [0.25, 0.3) is 0 Å². The maximum absolute atomic E-state index is 12.6. The Morgan fingerprint density at radius 3 is 2.45 bits per heavy atom. The Kier molecular flexibility index (Phi) is 10.5. The third kappa shape index (κ3) is 7.44. The van der Waals surface area contributed by atoms with Crippen LogP contribution in [0.4, 0.5) is 13.2 Å². The van der Waals surface area contributed by atoms with Crippen LogP contribution in [-0.4, -0.2) is 56.4 Å². The molecule has 12 heteroatoms. The Morgan fingerprint density at radius 2 is 1.90 bits per heavy atom. The number of halogens is 5. The third-order valence-electron chi connectivity index (χ3n) is 4.38. The third-order valence-corrected chi connectivity index (χ3v) is 6.38. The molecule has 0 aliphatic carbocycles. The van der Waals surface area contributed by atoms with Crippen molar-refractivity contribution in [3.05, 3.63) is 34.9 Å². The fourth-order valence-electron chi connectivity index (χ4n) is 2.89. The summed E-state index contributed by atoms with van der Waals surface area (Å²) in [5, 5.41) is 6.94. The number of piperidine rings is 1. The fourth-order valence-corrected chi connectivity index (χ4v) is 4.10.